The third-order valence-electron chi connectivity index (χ3n) is 2.74. The molecule has 0 saturated carbocycles. The number of phenols is 1. The number of nitrogens with one attached hydrogen (secondary N) is 1. The zero-order chi connectivity index (χ0) is 12.3. The molecule has 0 aliphatic carbocycles. The van der Waals surface area contributed by atoms with Gasteiger partial charge < -0.3 is 10.4 Å². The van der Waals surface area contributed by atoms with Gasteiger partial charge in [-0.3, -0.25) is 0 Å². The van der Waals surface area contributed by atoms with Crippen LogP contribution in [-0.4, -0.2) is 5.11 Å². The molecule has 2 aromatic rings. The van der Waals surface area contributed by atoms with Crippen molar-refractivity contribution in [2.75, 3.05) is 5.32 Å². The van der Waals surface area contributed by atoms with Gasteiger partial charge in [-0.05, 0) is 37.1 Å². The molecular formula is C14H17NOS. The zero-order valence-corrected chi connectivity index (χ0v) is 11.0. The van der Waals surface area contributed by atoms with E-state index in [9.17, 15) is 5.11 Å². The molecule has 2 nitrogen and oxygen atoms in total. The molecule has 1 aromatic heterocycles. The van der Waals surface area contributed by atoms with Crippen molar-refractivity contribution in [3.63, 3.8) is 0 Å². The van der Waals surface area contributed by atoms with Crippen molar-refractivity contribution >= 4 is 17.0 Å². The van der Waals surface area contributed by atoms with Crippen LogP contribution in [0.25, 0.3) is 0 Å². The first-order chi connectivity index (χ1) is 8.19. The van der Waals surface area contributed by atoms with Crippen molar-refractivity contribution in [3.05, 3.63) is 45.6 Å². The van der Waals surface area contributed by atoms with E-state index in [1.54, 1.807) is 6.07 Å². The van der Waals surface area contributed by atoms with Crippen LogP contribution < -0.4 is 5.32 Å². The molecule has 0 unspecified atom stereocenters. The lowest BCUT2D eigenvalue weighted by Crippen LogP contribution is -1.97. The number of anilines is 1. The Morgan fingerprint density at radius 1 is 1.18 bits per heavy atom. The van der Waals surface area contributed by atoms with E-state index in [1.165, 1.54) is 9.75 Å². The second kappa shape index (κ2) is 5.23. The highest BCUT2D eigenvalue weighted by Gasteiger charge is 2.00. The highest BCUT2D eigenvalue weighted by atomic mass is 32.1. The first-order valence-corrected chi connectivity index (χ1v) is 6.61. The molecule has 90 valence electrons. The fraction of sp³-hybridized carbons (Fsp3) is 0.286. The number of hydrogen-bond donors (Lipinski definition) is 2. The third kappa shape index (κ3) is 3.01. The Kier molecular flexibility index (Phi) is 3.69. The minimum atomic E-state index is 0.343. The summed E-state index contributed by atoms with van der Waals surface area (Å²) < 4.78 is 0. The van der Waals surface area contributed by atoms with E-state index in [1.807, 2.05) is 30.4 Å². The van der Waals surface area contributed by atoms with Gasteiger partial charge in [0.15, 0.2) is 0 Å². The van der Waals surface area contributed by atoms with E-state index >= 15 is 0 Å². The summed E-state index contributed by atoms with van der Waals surface area (Å²) in [5.41, 5.74) is 1.86. The van der Waals surface area contributed by atoms with Crippen LogP contribution in [0.3, 0.4) is 0 Å². The summed E-state index contributed by atoms with van der Waals surface area (Å²) in [6.45, 7) is 4.88. The van der Waals surface area contributed by atoms with Crippen molar-refractivity contribution in [1.29, 1.82) is 0 Å². The topological polar surface area (TPSA) is 32.3 Å². The Balaban J connectivity index is 1.99. The van der Waals surface area contributed by atoms with Gasteiger partial charge in [-0.1, -0.05) is 13.0 Å². The summed E-state index contributed by atoms with van der Waals surface area (Å²) in [5.74, 6) is 0.343. The van der Waals surface area contributed by atoms with Gasteiger partial charge in [-0.25, -0.2) is 0 Å². The van der Waals surface area contributed by atoms with Crippen LogP contribution in [0.5, 0.6) is 5.75 Å². The summed E-state index contributed by atoms with van der Waals surface area (Å²) in [5, 5.41) is 12.9. The van der Waals surface area contributed by atoms with Crippen molar-refractivity contribution < 1.29 is 5.11 Å². The molecule has 2 rings (SSSR count). The second-order valence-electron chi connectivity index (χ2n) is 4.08. The smallest absolute Gasteiger partial charge is 0.120 e. The largest absolute Gasteiger partial charge is 0.508 e. The van der Waals surface area contributed by atoms with Gasteiger partial charge in [0.25, 0.3) is 0 Å². The highest BCUT2D eigenvalue weighted by Crippen LogP contribution is 2.22. The minimum Gasteiger partial charge on any atom is -0.508 e. The van der Waals surface area contributed by atoms with E-state index in [0.29, 0.717) is 5.75 Å². The fourth-order valence-electron chi connectivity index (χ4n) is 1.62. The molecule has 0 saturated heterocycles. The van der Waals surface area contributed by atoms with Crippen LogP contribution in [0.15, 0.2) is 30.3 Å². The Morgan fingerprint density at radius 2 is 1.94 bits per heavy atom. The lowest BCUT2D eigenvalue weighted by atomic mass is 10.2. The fourth-order valence-corrected chi connectivity index (χ4v) is 2.51. The van der Waals surface area contributed by atoms with Crippen molar-refractivity contribution in [1.82, 2.24) is 0 Å². The van der Waals surface area contributed by atoms with E-state index in [2.05, 4.69) is 24.4 Å². The standard InChI is InChI=1S/C14H17NOS/c1-3-12-6-7-13(17-12)9-15-11-5-4-10(2)14(16)8-11/h4-8,15-16H,3,9H2,1-2H3. The molecule has 0 aliphatic heterocycles. The van der Waals surface area contributed by atoms with Crippen LogP contribution in [0.2, 0.25) is 0 Å². The van der Waals surface area contributed by atoms with Gasteiger partial charge in [-0.15, -0.1) is 11.3 Å². The number of hydrogen-bond acceptors (Lipinski definition) is 3. The van der Waals surface area contributed by atoms with Gasteiger partial charge in [0.2, 0.25) is 0 Å². The lowest BCUT2D eigenvalue weighted by Gasteiger charge is -2.06. The maximum absolute atomic E-state index is 9.60. The van der Waals surface area contributed by atoms with Crippen LogP contribution in [-0.2, 0) is 13.0 Å². The molecular weight excluding hydrogens is 230 g/mol. The van der Waals surface area contributed by atoms with Crippen molar-refractivity contribution in [2.45, 2.75) is 26.8 Å². The summed E-state index contributed by atoms with van der Waals surface area (Å²) in [4.78, 5) is 2.73. The average molecular weight is 247 g/mol. The summed E-state index contributed by atoms with van der Waals surface area (Å²) in [7, 11) is 0. The molecule has 3 heteroatoms. The molecule has 0 atom stereocenters. The molecule has 1 aromatic carbocycles. The average Bonchev–Trinajstić information content (AvgIpc) is 2.79. The zero-order valence-electron chi connectivity index (χ0n) is 10.2. The van der Waals surface area contributed by atoms with Crippen molar-refractivity contribution in [3.8, 4) is 5.75 Å². The molecule has 0 spiro atoms. The summed E-state index contributed by atoms with van der Waals surface area (Å²) in [6.07, 6.45) is 1.09. The molecule has 0 bridgehead atoms. The number of thiophene rings is 1. The number of rotatable bonds is 4. The van der Waals surface area contributed by atoms with Gasteiger partial charge in [0, 0.05) is 28.1 Å². The Morgan fingerprint density at radius 3 is 2.59 bits per heavy atom. The van der Waals surface area contributed by atoms with Crippen LogP contribution in [0, 0.1) is 6.92 Å². The normalized spacial score (nSPS) is 10.5. The maximum Gasteiger partial charge on any atom is 0.120 e. The van der Waals surface area contributed by atoms with Gasteiger partial charge in [-0.2, -0.15) is 0 Å². The summed E-state index contributed by atoms with van der Waals surface area (Å²) in [6, 6.07) is 10.0. The van der Waals surface area contributed by atoms with Crippen LogP contribution in [0.1, 0.15) is 22.2 Å². The molecule has 0 amide bonds. The Hall–Kier alpha value is -1.48. The highest BCUT2D eigenvalue weighted by molar-refractivity contribution is 7.12. The molecule has 0 aliphatic rings. The van der Waals surface area contributed by atoms with Crippen molar-refractivity contribution in [2.24, 2.45) is 0 Å². The monoisotopic (exact) mass is 247 g/mol. The maximum atomic E-state index is 9.60. The van der Waals surface area contributed by atoms with E-state index in [-0.39, 0.29) is 0 Å². The molecule has 0 fully saturated rings. The summed E-state index contributed by atoms with van der Waals surface area (Å²) >= 11 is 1.83. The molecule has 1 heterocycles. The van der Waals surface area contributed by atoms with E-state index < -0.39 is 0 Å². The Bertz CT molecular complexity index is 505. The van der Waals surface area contributed by atoms with Gasteiger partial charge in [0.05, 0.1) is 0 Å². The van der Waals surface area contributed by atoms with E-state index in [4.69, 9.17) is 0 Å². The van der Waals surface area contributed by atoms with E-state index in [0.717, 1.165) is 24.2 Å². The molecule has 17 heavy (non-hydrogen) atoms. The predicted octanol–water partition coefficient (Wildman–Crippen LogP) is 3.94. The number of aromatic hydroxyl groups is 1. The minimum absolute atomic E-state index is 0.343. The third-order valence-corrected chi connectivity index (χ3v) is 3.97. The number of benzene rings is 1. The second-order valence-corrected chi connectivity index (χ2v) is 5.33. The first-order valence-electron chi connectivity index (χ1n) is 5.80. The Labute approximate surface area is 106 Å². The molecule has 0 radical (unpaired) electrons. The lowest BCUT2D eigenvalue weighted by molar-refractivity contribution is 0.471. The quantitative estimate of drug-likeness (QED) is 0.857. The molecule has 2 N–H and O–H groups in total. The van der Waals surface area contributed by atoms with Gasteiger partial charge >= 0.3 is 0 Å². The SMILES string of the molecule is CCc1ccc(CNc2ccc(C)c(O)c2)s1. The van der Waals surface area contributed by atoms with Crippen LogP contribution in [0.4, 0.5) is 5.69 Å². The van der Waals surface area contributed by atoms with Crippen LogP contribution >= 0.6 is 11.3 Å². The predicted molar refractivity (Wildman–Crippen MR) is 73.9 cm³/mol. The first kappa shape index (κ1) is 12.0. The number of phenolic OH excluding ortho intramolecular Hbond substituents is 1. The van der Waals surface area contributed by atoms with Gasteiger partial charge in [0.1, 0.15) is 5.75 Å². The number of aryl methyl sites for hydroxylation is 2.